The van der Waals surface area contributed by atoms with E-state index in [-0.39, 0.29) is 6.03 Å². The highest BCUT2D eigenvalue weighted by molar-refractivity contribution is 5.93. The Morgan fingerprint density at radius 3 is 2.84 bits per heavy atom. The number of amides is 2. The molecule has 1 heterocycles. The van der Waals surface area contributed by atoms with Crippen LogP contribution < -0.4 is 10.2 Å². The van der Waals surface area contributed by atoms with Crippen molar-refractivity contribution in [3.63, 3.8) is 0 Å². The first kappa shape index (κ1) is 13.9. The smallest absolute Gasteiger partial charge is 0.321 e. The van der Waals surface area contributed by atoms with E-state index in [2.05, 4.69) is 37.3 Å². The lowest BCUT2D eigenvalue weighted by molar-refractivity contribution is 0.240. The fraction of sp³-hybridized carbons (Fsp3) is 0.533. The van der Waals surface area contributed by atoms with Gasteiger partial charge in [-0.25, -0.2) is 4.79 Å². The van der Waals surface area contributed by atoms with Gasteiger partial charge in [-0.2, -0.15) is 0 Å². The van der Waals surface area contributed by atoms with Crippen LogP contribution >= 0.6 is 0 Å². The molecule has 1 aromatic rings. The average molecular weight is 261 g/mol. The van der Waals surface area contributed by atoms with Gasteiger partial charge in [-0.3, -0.25) is 4.90 Å². The fourth-order valence-corrected chi connectivity index (χ4v) is 2.62. The van der Waals surface area contributed by atoms with Crippen molar-refractivity contribution in [1.29, 1.82) is 0 Å². The summed E-state index contributed by atoms with van der Waals surface area (Å²) in [4.78, 5) is 16.3. The van der Waals surface area contributed by atoms with E-state index in [1.807, 2.05) is 23.1 Å². The first-order chi connectivity index (χ1) is 9.15. The van der Waals surface area contributed by atoms with E-state index in [9.17, 15) is 4.79 Å². The van der Waals surface area contributed by atoms with E-state index in [1.165, 1.54) is 5.56 Å². The lowest BCUT2D eigenvalue weighted by atomic mass is 9.96. The number of anilines is 1. The number of nitrogens with zero attached hydrogens (tertiary/aromatic N) is 2. The molecule has 1 unspecified atom stereocenters. The van der Waals surface area contributed by atoms with Gasteiger partial charge in [-0.15, -0.1) is 0 Å². The lowest BCUT2D eigenvalue weighted by Crippen LogP contribution is -2.45. The van der Waals surface area contributed by atoms with Crippen LogP contribution in [0.4, 0.5) is 10.5 Å². The van der Waals surface area contributed by atoms with Gasteiger partial charge in [0.15, 0.2) is 0 Å². The van der Waals surface area contributed by atoms with Crippen LogP contribution in [0.5, 0.6) is 0 Å². The average Bonchev–Trinajstić information content (AvgIpc) is 2.43. The lowest BCUT2D eigenvalue weighted by Gasteiger charge is -2.37. The Bertz CT molecular complexity index is 445. The number of para-hydroxylation sites is 1. The normalized spacial score (nSPS) is 18.3. The van der Waals surface area contributed by atoms with Crippen molar-refractivity contribution in [3.05, 3.63) is 29.8 Å². The molecule has 0 saturated carbocycles. The topological polar surface area (TPSA) is 35.6 Å². The number of fused-ring (bicyclic) bond motifs is 1. The van der Waals surface area contributed by atoms with Gasteiger partial charge in [0.05, 0.1) is 5.69 Å². The molecular weight excluding hydrogens is 238 g/mol. The molecule has 0 fully saturated rings. The van der Waals surface area contributed by atoms with E-state index in [0.29, 0.717) is 6.04 Å². The van der Waals surface area contributed by atoms with Gasteiger partial charge in [0.1, 0.15) is 0 Å². The van der Waals surface area contributed by atoms with Crippen molar-refractivity contribution in [2.75, 3.05) is 32.1 Å². The third-order valence-corrected chi connectivity index (χ3v) is 3.61. The Morgan fingerprint density at radius 2 is 2.16 bits per heavy atom. The molecule has 0 aliphatic carbocycles. The molecule has 104 valence electrons. The zero-order valence-corrected chi connectivity index (χ0v) is 12.0. The summed E-state index contributed by atoms with van der Waals surface area (Å²) < 4.78 is 0. The second kappa shape index (κ2) is 6.06. The summed E-state index contributed by atoms with van der Waals surface area (Å²) >= 11 is 0. The summed E-state index contributed by atoms with van der Waals surface area (Å²) in [5, 5.41) is 2.96. The van der Waals surface area contributed by atoms with E-state index < -0.39 is 0 Å². The van der Waals surface area contributed by atoms with Gasteiger partial charge in [-0.05, 0) is 38.6 Å². The van der Waals surface area contributed by atoms with Gasteiger partial charge in [0, 0.05) is 19.1 Å². The van der Waals surface area contributed by atoms with Crippen molar-refractivity contribution >= 4 is 11.7 Å². The van der Waals surface area contributed by atoms with Crippen LogP contribution in [-0.4, -0.2) is 38.1 Å². The van der Waals surface area contributed by atoms with Gasteiger partial charge in [0.25, 0.3) is 0 Å². The van der Waals surface area contributed by atoms with Crippen LogP contribution in [0.1, 0.15) is 31.4 Å². The molecule has 4 nitrogen and oxygen atoms in total. The number of hydrogen-bond acceptors (Lipinski definition) is 2. The summed E-state index contributed by atoms with van der Waals surface area (Å²) in [5.41, 5.74) is 2.28. The van der Waals surface area contributed by atoms with Crippen LogP contribution in [0.25, 0.3) is 0 Å². The molecule has 1 aliphatic rings. The van der Waals surface area contributed by atoms with Crippen molar-refractivity contribution in [2.45, 2.75) is 25.8 Å². The third-order valence-electron chi connectivity index (χ3n) is 3.61. The zero-order chi connectivity index (χ0) is 13.8. The maximum absolute atomic E-state index is 12.2. The second-order valence-electron chi connectivity index (χ2n) is 5.21. The van der Waals surface area contributed by atoms with E-state index in [1.54, 1.807) is 0 Å². The third kappa shape index (κ3) is 2.89. The van der Waals surface area contributed by atoms with Crippen molar-refractivity contribution in [2.24, 2.45) is 0 Å². The molecule has 0 radical (unpaired) electrons. The molecule has 0 bridgehead atoms. The highest BCUT2D eigenvalue weighted by Gasteiger charge is 2.29. The van der Waals surface area contributed by atoms with E-state index in [4.69, 9.17) is 0 Å². The number of benzene rings is 1. The van der Waals surface area contributed by atoms with Gasteiger partial charge in [-0.1, -0.05) is 25.1 Å². The summed E-state index contributed by atoms with van der Waals surface area (Å²) in [6, 6.07) is 8.62. The molecule has 0 aromatic heterocycles. The molecule has 2 rings (SSSR count). The Kier molecular flexibility index (Phi) is 4.43. The Morgan fingerprint density at radius 1 is 1.42 bits per heavy atom. The van der Waals surface area contributed by atoms with Crippen LogP contribution in [-0.2, 0) is 0 Å². The highest BCUT2D eigenvalue weighted by Crippen LogP contribution is 2.35. The van der Waals surface area contributed by atoms with Gasteiger partial charge >= 0.3 is 6.03 Å². The minimum absolute atomic E-state index is 0.0199. The van der Waals surface area contributed by atoms with Crippen molar-refractivity contribution in [1.82, 2.24) is 10.2 Å². The molecule has 1 aromatic carbocycles. The minimum Gasteiger partial charge on any atom is -0.338 e. The summed E-state index contributed by atoms with van der Waals surface area (Å²) in [6.07, 6.45) is 1.94. The molecule has 1 aliphatic heterocycles. The quantitative estimate of drug-likeness (QED) is 0.908. The zero-order valence-electron chi connectivity index (χ0n) is 12.0. The van der Waals surface area contributed by atoms with Crippen molar-refractivity contribution < 1.29 is 4.79 Å². The largest absolute Gasteiger partial charge is 0.338 e. The minimum atomic E-state index is 0.0199. The molecule has 2 amide bonds. The molecule has 0 saturated heterocycles. The number of urea groups is 1. The Balaban J connectivity index is 2.25. The molecule has 19 heavy (non-hydrogen) atoms. The predicted octanol–water partition coefficient (Wildman–Crippen LogP) is 2.62. The van der Waals surface area contributed by atoms with E-state index >= 15 is 0 Å². The molecule has 4 heteroatoms. The maximum Gasteiger partial charge on any atom is 0.321 e. The first-order valence-corrected chi connectivity index (χ1v) is 6.96. The summed E-state index contributed by atoms with van der Waals surface area (Å²) in [5.74, 6) is 0. The first-order valence-electron chi connectivity index (χ1n) is 6.96. The van der Waals surface area contributed by atoms with Gasteiger partial charge < -0.3 is 10.2 Å². The standard InChI is InChI=1S/C15H23N3O/c1-4-10-16-15(19)18-11-9-13(17(2)3)12-7-5-6-8-14(12)18/h5-8,13H,4,9-11H2,1-3H3,(H,16,19). The SMILES string of the molecule is CCCNC(=O)N1CCC(N(C)C)c2ccccc21. The predicted molar refractivity (Wildman–Crippen MR) is 78.5 cm³/mol. The monoisotopic (exact) mass is 261 g/mol. The van der Waals surface area contributed by atoms with Gasteiger partial charge in [0.2, 0.25) is 0 Å². The number of nitrogens with one attached hydrogen (secondary N) is 1. The van der Waals surface area contributed by atoms with Crippen LogP contribution in [0.3, 0.4) is 0 Å². The second-order valence-corrected chi connectivity index (χ2v) is 5.21. The summed E-state index contributed by atoms with van der Waals surface area (Å²) in [7, 11) is 4.18. The molecule has 1 atom stereocenters. The van der Waals surface area contributed by atoms with E-state index in [0.717, 1.165) is 31.6 Å². The van der Waals surface area contributed by atoms with Crippen LogP contribution in [0.2, 0.25) is 0 Å². The van der Waals surface area contributed by atoms with Crippen molar-refractivity contribution in [3.8, 4) is 0 Å². The Labute approximate surface area is 115 Å². The number of hydrogen-bond donors (Lipinski definition) is 1. The van der Waals surface area contributed by atoms with Crippen LogP contribution in [0.15, 0.2) is 24.3 Å². The maximum atomic E-state index is 12.2. The molecule has 0 spiro atoms. The number of carbonyl (C=O) groups is 1. The summed E-state index contributed by atoms with van der Waals surface area (Å²) in [6.45, 7) is 3.57. The molecular formula is C15H23N3O. The molecule has 1 N–H and O–H groups in total. The highest BCUT2D eigenvalue weighted by atomic mass is 16.2. The fourth-order valence-electron chi connectivity index (χ4n) is 2.62. The van der Waals surface area contributed by atoms with Crippen LogP contribution in [0, 0.1) is 0 Å². The number of rotatable bonds is 3. The Hall–Kier alpha value is -1.55. The number of carbonyl (C=O) groups excluding carboxylic acids is 1.